The molecule has 0 aliphatic heterocycles. The quantitative estimate of drug-likeness (QED) is 0.715. The van der Waals surface area contributed by atoms with Gasteiger partial charge in [0.2, 0.25) is 0 Å². The molecule has 0 bridgehead atoms. The molecule has 0 atom stereocenters. The first kappa shape index (κ1) is 13.2. The van der Waals surface area contributed by atoms with E-state index >= 15 is 0 Å². The van der Waals surface area contributed by atoms with Crippen molar-refractivity contribution < 1.29 is 4.74 Å². The van der Waals surface area contributed by atoms with E-state index < -0.39 is 0 Å². The zero-order chi connectivity index (χ0) is 13.9. The van der Waals surface area contributed by atoms with Crippen molar-refractivity contribution >= 4 is 26.8 Å². The summed E-state index contributed by atoms with van der Waals surface area (Å²) < 4.78 is 8.85. The molecular formula is C16H15BrN2O. The largest absolute Gasteiger partial charge is 0.493 e. The topological polar surface area (TPSA) is 27.1 Å². The van der Waals surface area contributed by atoms with Crippen LogP contribution < -0.4 is 4.74 Å². The van der Waals surface area contributed by atoms with Crippen LogP contribution in [0.15, 0.2) is 53.3 Å². The van der Waals surface area contributed by atoms with Gasteiger partial charge in [-0.1, -0.05) is 6.07 Å². The maximum Gasteiger partial charge on any atom is 0.128 e. The van der Waals surface area contributed by atoms with Gasteiger partial charge in [0, 0.05) is 22.3 Å². The highest BCUT2D eigenvalue weighted by molar-refractivity contribution is 9.10. The van der Waals surface area contributed by atoms with Crippen molar-refractivity contribution in [2.45, 2.75) is 13.5 Å². The molecule has 3 nitrogen and oxygen atoms in total. The summed E-state index contributed by atoms with van der Waals surface area (Å²) in [7, 11) is 0. The predicted molar refractivity (Wildman–Crippen MR) is 84.1 cm³/mol. The molecule has 0 N–H and O–H groups in total. The number of rotatable bonds is 4. The maximum absolute atomic E-state index is 5.66. The minimum Gasteiger partial charge on any atom is -0.493 e. The first-order chi connectivity index (χ1) is 9.78. The lowest BCUT2D eigenvalue weighted by atomic mass is 10.2. The molecule has 0 aliphatic carbocycles. The molecule has 0 radical (unpaired) electrons. The number of hydrogen-bond acceptors (Lipinski definition) is 2. The molecule has 0 spiro atoms. The van der Waals surface area contributed by atoms with E-state index in [1.54, 1.807) is 0 Å². The molecule has 0 fully saturated rings. The van der Waals surface area contributed by atoms with Crippen LogP contribution in [0, 0.1) is 0 Å². The van der Waals surface area contributed by atoms with E-state index in [0.717, 1.165) is 27.8 Å². The fourth-order valence-electron chi connectivity index (χ4n) is 2.29. The summed E-state index contributed by atoms with van der Waals surface area (Å²) >= 11 is 3.40. The van der Waals surface area contributed by atoms with Gasteiger partial charge in [-0.05, 0) is 53.2 Å². The van der Waals surface area contributed by atoms with Crippen molar-refractivity contribution in [3.05, 3.63) is 59.0 Å². The minimum absolute atomic E-state index is 0.679. The van der Waals surface area contributed by atoms with Gasteiger partial charge in [0.05, 0.1) is 24.4 Å². The van der Waals surface area contributed by atoms with Gasteiger partial charge in [-0.2, -0.15) is 0 Å². The van der Waals surface area contributed by atoms with Gasteiger partial charge in [0.1, 0.15) is 5.75 Å². The molecule has 3 aromatic rings. The van der Waals surface area contributed by atoms with Crippen molar-refractivity contribution in [2.75, 3.05) is 6.61 Å². The Morgan fingerprint density at radius 3 is 2.85 bits per heavy atom. The summed E-state index contributed by atoms with van der Waals surface area (Å²) in [5.41, 5.74) is 2.20. The number of nitrogens with zero attached hydrogens (tertiary/aromatic N) is 2. The van der Waals surface area contributed by atoms with Gasteiger partial charge in [0.25, 0.3) is 0 Å². The highest BCUT2D eigenvalue weighted by Crippen LogP contribution is 2.27. The Balaban J connectivity index is 1.96. The zero-order valence-corrected chi connectivity index (χ0v) is 12.8. The molecule has 102 valence electrons. The summed E-state index contributed by atoms with van der Waals surface area (Å²) in [5.74, 6) is 0.938. The van der Waals surface area contributed by atoms with Crippen molar-refractivity contribution in [2.24, 2.45) is 0 Å². The molecule has 4 heteroatoms. The number of pyridine rings is 1. The number of aromatic nitrogens is 2. The Morgan fingerprint density at radius 2 is 2.10 bits per heavy atom. The summed E-state index contributed by atoms with van der Waals surface area (Å²) in [5, 5.41) is 1.14. The number of ether oxygens (including phenoxy) is 1. The van der Waals surface area contributed by atoms with E-state index in [0.29, 0.717) is 6.61 Å². The lowest BCUT2D eigenvalue weighted by molar-refractivity contribution is 0.344. The molecule has 20 heavy (non-hydrogen) atoms. The Hall–Kier alpha value is -1.81. The molecule has 0 aliphatic rings. The lowest BCUT2D eigenvalue weighted by Crippen LogP contribution is -2.00. The molecule has 2 aromatic heterocycles. The summed E-state index contributed by atoms with van der Waals surface area (Å²) in [6.07, 6.45) is 3.91. The number of halogens is 1. The van der Waals surface area contributed by atoms with E-state index in [1.165, 1.54) is 5.52 Å². The predicted octanol–water partition coefficient (Wildman–Crippen LogP) is 4.25. The smallest absolute Gasteiger partial charge is 0.128 e. The summed E-state index contributed by atoms with van der Waals surface area (Å²) in [6, 6.07) is 12.3. The average Bonchev–Trinajstić information content (AvgIpc) is 2.86. The minimum atomic E-state index is 0.679. The fourth-order valence-corrected chi connectivity index (χ4v) is 2.52. The summed E-state index contributed by atoms with van der Waals surface area (Å²) in [6.45, 7) is 3.44. The van der Waals surface area contributed by atoms with Crippen LogP contribution in [0.1, 0.15) is 12.6 Å². The molecule has 2 heterocycles. The molecule has 0 saturated carbocycles. The van der Waals surface area contributed by atoms with Crippen LogP contribution in [0.5, 0.6) is 5.75 Å². The van der Waals surface area contributed by atoms with Crippen molar-refractivity contribution in [3.8, 4) is 5.75 Å². The second-order valence-electron chi connectivity index (χ2n) is 4.53. The van der Waals surface area contributed by atoms with Crippen LogP contribution >= 0.6 is 15.9 Å². The van der Waals surface area contributed by atoms with E-state index in [1.807, 2.05) is 37.4 Å². The van der Waals surface area contributed by atoms with Crippen molar-refractivity contribution in [3.63, 3.8) is 0 Å². The Kier molecular flexibility index (Phi) is 3.74. The zero-order valence-electron chi connectivity index (χ0n) is 11.2. The van der Waals surface area contributed by atoms with E-state index in [-0.39, 0.29) is 0 Å². The van der Waals surface area contributed by atoms with Gasteiger partial charge < -0.3 is 9.30 Å². The monoisotopic (exact) mass is 330 g/mol. The van der Waals surface area contributed by atoms with E-state index in [9.17, 15) is 0 Å². The van der Waals surface area contributed by atoms with Crippen LogP contribution in [0.4, 0.5) is 0 Å². The molecule has 0 unspecified atom stereocenters. The first-order valence-corrected chi connectivity index (χ1v) is 7.38. The maximum atomic E-state index is 5.66. The third-order valence-electron chi connectivity index (χ3n) is 3.19. The van der Waals surface area contributed by atoms with Crippen LogP contribution in [-0.2, 0) is 6.54 Å². The third-order valence-corrected chi connectivity index (χ3v) is 3.66. The van der Waals surface area contributed by atoms with Crippen molar-refractivity contribution in [1.82, 2.24) is 9.55 Å². The van der Waals surface area contributed by atoms with Crippen LogP contribution in [-0.4, -0.2) is 16.2 Å². The Labute approximate surface area is 126 Å². The highest BCUT2D eigenvalue weighted by atomic mass is 79.9. The molecule has 0 amide bonds. The van der Waals surface area contributed by atoms with Crippen LogP contribution in [0.25, 0.3) is 10.9 Å². The second-order valence-corrected chi connectivity index (χ2v) is 5.45. The SMILES string of the molecule is CCOc1cccc2c1ccn2Cc1ccc(Br)cn1. The lowest BCUT2D eigenvalue weighted by Gasteiger charge is -2.07. The number of fused-ring (bicyclic) bond motifs is 1. The normalized spacial score (nSPS) is 10.9. The Morgan fingerprint density at radius 1 is 1.20 bits per heavy atom. The average molecular weight is 331 g/mol. The first-order valence-electron chi connectivity index (χ1n) is 6.59. The standard InChI is InChI=1S/C16H15BrN2O/c1-2-20-16-5-3-4-15-14(16)8-9-19(15)11-13-7-6-12(17)10-18-13/h3-10H,2,11H2,1H3. The van der Waals surface area contributed by atoms with Crippen LogP contribution in [0.3, 0.4) is 0 Å². The highest BCUT2D eigenvalue weighted by Gasteiger charge is 2.07. The van der Waals surface area contributed by atoms with Gasteiger partial charge in [-0.3, -0.25) is 4.98 Å². The number of hydrogen-bond donors (Lipinski definition) is 0. The number of benzene rings is 1. The second kappa shape index (κ2) is 5.67. The van der Waals surface area contributed by atoms with Gasteiger partial charge in [-0.25, -0.2) is 0 Å². The van der Waals surface area contributed by atoms with Gasteiger partial charge in [-0.15, -0.1) is 0 Å². The van der Waals surface area contributed by atoms with Gasteiger partial charge >= 0.3 is 0 Å². The molecular weight excluding hydrogens is 316 g/mol. The van der Waals surface area contributed by atoms with Crippen molar-refractivity contribution in [1.29, 1.82) is 0 Å². The summed E-state index contributed by atoms with van der Waals surface area (Å²) in [4.78, 5) is 4.42. The fraction of sp³-hybridized carbons (Fsp3) is 0.188. The van der Waals surface area contributed by atoms with Gasteiger partial charge in [0.15, 0.2) is 0 Å². The molecule has 3 rings (SSSR count). The Bertz CT molecular complexity index is 719. The molecule has 0 saturated heterocycles. The third kappa shape index (κ3) is 2.56. The van der Waals surface area contributed by atoms with Crippen LogP contribution in [0.2, 0.25) is 0 Å². The molecule has 1 aromatic carbocycles. The van der Waals surface area contributed by atoms with E-state index in [4.69, 9.17) is 4.74 Å². The van der Waals surface area contributed by atoms with E-state index in [2.05, 4.69) is 43.8 Å².